The van der Waals surface area contributed by atoms with Crippen molar-refractivity contribution >= 4 is 17.3 Å². The zero-order chi connectivity index (χ0) is 24.0. The molecule has 5 heteroatoms. The molecule has 5 aliphatic rings. The van der Waals surface area contributed by atoms with Gasteiger partial charge in [-0.25, -0.2) is 4.79 Å². The molecular formula is C30H38N2O3. The van der Waals surface area contributed by atoms with Crippen LogP contribution in [0.5, 0.6) is 0 Å². The van der Waals surface area contributed by atoms with Crippen LogP contribution in [0.4, 0.5) is 0 Å². The number of hydrogen-bond acceptors (Lipinski definition) is 5. The highest BCUT2D eigenvalue weighted by atomic mass is 16.7. The molecule has 4 aliphatic carbocycles. The Bertz CT molecular complexity index is 1070. The zero-order valence-electron chi connectivity index (χ0n) is 21.2. The van der Waals surface area contributed by atoms with E-state index in [1.807, 2.05) is 12.4 Å². The number of rotatable bonds is 3. The maximum absolute atomic E-state index is 12.4. The quantitative estimate of drug-likeness (QED) is 0.378. The van der Waals surface area contributed by atoms with Gasteiger partial charge in [0, 0.05) is 25.6 Å². The first-order valence-electron chi connectivity index (χ1n) is 13.7. The fraction of sp³-hybridized carbons (Fsp3) is 0.633. The van der Waals surface area contributed by atoms with Crippen molar-refractivity contribution in [2.75, 3.05) is 13.2 Å². The topological polar surface area (TPSA) is 60.8 Å². The summed E-state index contributed by atoms with van der Waals surface area (Å²) >= 11 is 0. The molecule has 1 aliphatic heterocycles. The molecule has 0 bridgehead atoms. The molecule has 1 saturated heterocycles. The molecule has 1 aromatic heterocycles. The van der Waals surface area contributed by atoms with Crippen LogP contribution < -0.4 is 0 Å². The minimum Gasteiger partial charge on any atom is -0.381 e. The van der Waals surface area contributed by atoms with Gasteiger partial charge >= 0.3 is 5.97 Å². The van der Waals surface area contributed by atoms with Gasteiger partial charge in [0.05, 0.1) is 11.6 Å². The van der Waals surface area contributed by atoms with E-state index in [1.54, 1.807) is 0 Å². The Hall–Kier alpha value is -2.27. The largest absolute Gasteiger partial charge is 0.381 e. The summed E-state index contributed by atoms with van der Waals surface area (Å²) in [5.41, 5.74) is 5.83. The van der Waals surface area contributed by atoms with E-state index in [2.05, 4.69) is 48.3 Å². The number of carbonyl (C=O) groups is 1. The SMILES string of the molecule is C[C@]12CCC(=NOC(=O)C3CCOCC3)C=C1CC[C@H]1[C@@H]2CC[C@]2(C)C(c3cccnc3)=CC[C@@H]12. The Balaban J connectivity index is 1.18. The van der Waals surface area contributed by atoms with Gasteiger partial charge in [-0.05, 0) is 110 Å². The number of ether oxygens (including phenoxy) is 1. The van der Waals surface area contributed by atoms with Crippen LogP contribution in [0, 0.1) is 34.5 Å². The number of nitrogens with zero attached hydrogens (tertiary/aromatic N) is 2. The van der Waals surface area contributed by atoms with Crippen LogP contribution >= 0.6 is 0 Å². The molecule has 2 saturated carbocycles. The van der Waals surface area contributed by atoms with Crippen molar-refractivity contribution in [3.63, 3.8) is 0 Å². The third kappa shape index (κ3) is 3.91. The van der Waals surface area contributed by atoms with Crippen LogP contribution in [0.2, 0.25) is 0 Å². The van der Waals surface area contributed by atoms with E-state index in [0.29, 0.717) is 13.2 Å². The summed E-state index contributed by atoms with van der Waals surface area (Å²) in [6, 6.07) is 4.30. The molecule has 0 amide bonds. The molecule has 0 N–H and O–H groups in total. The van der Waals surface area contributed by atoms with Crippen molar-refractivity contribution in [2.24, 2.45) is 39.7 Å². The lowest BCUT2D eigenvalue weighted by molar-refractivity contribution is -0.151. The Labute approximate surface area is 209 Å². The third-order valence-electron chi connectivity index (χ3n) is 10.3. The predicted molar refractivity (Wildman–Crippen MR) is 136 cm³/mol. The van der Waals surface area contributed by atoms with Crippen LogP contribution in [-0.2, 0) is 14.4 Å². The van der Waals surface area contributed by atoms with Gasteiger partial charge in [-0.2, -0.15) is 0 Å². The van der Waals surface area contributed by atoms with Gasteiger partial charge in [-0.3, -0.25) is 4.98 Å². The fourth-order valence-electron chi connectivity index (χ4n) is 8.29. The summed E-state index contributed by atoms with van der Waals surface area (Å²) in [7, 11) is 0. The Morgan fingerprint density at radius 3 is 2.74 bits per heavy atom. The maximum Gasteiger partial charge on any atom is 0.338 e. The summed E-state index contributed by atoms with van der Waals surface area (Å²) in [4.78, 5) is 22.2. The second-order valence-electron chi connectivity index (χ2n) is 11.9. The van der Waals surface area contributed by atoms with Crippen molar-refractivity contribution in [1.29, 1.82) is 0 Å². The van der Waals surface area contributed by atoms with Gasteiger partial charge in [0.25, 0.3) is 0 Å². The molecule has 1 aromatic rings. The van der Waals surface area contributed by atoms with Gasteiger partial charge in [0.1, 0.15) is 0 Å². The zero-order valence-corrected chi connectivity index (χ0v) is 21.2. The van der Waals surface area contributed by atoms with E-state index in [9.17, 15) is 4.79 Å². The van der Waals surface area contributed by atoms with Crippen molar-refractivity contribution in [2.45, 2.75) is 71.6 Å². The van der Waals surface area contributed by atoms with E-state index in [4.69, 9.17) is 9.57 Å². The highest BCUT2D eigenvalue weighted by Crippen LogP contribution is 2.66. The maximum atomic E-state index is 12.4. The minimum atomic E-state index is -0.194. The number of allylic oxidation sites excluding steroid dienone is 4. The number of aromatic nitrogens is 1. The van der Waals surface area contributed by atoms with Gasteiger partial charge in [0.15, 0.2) is 0 Å². The lowest BCUT2D eigenvalue weighted by atomic mass is 9.46. The predicted octanol–water partition coefficient (Wildman–Crippen LogP) is 6.36. The van der Waals surface area contributed by atoms with E-state index < -0.39 is 0 Å². The summed E-state index contributed by atoms with van der Waals surface area (Å²) < 4.78 is 5.36. The standard InChI is InChI=1S/C30H38N2O3/c1-29-13-9-23(32-35-28(33)20-11-16-34-17-12-20)18-22(29)5-6-24-26-8-7-25(21-4-3-15-31-19-21)30(26,2)14-10-27(24)29/h3-4,7,15,18-20,24,26-27H,5-6,8-14,16-17H2,1-2H3/t24-,26+,27+,29+,30-/m1/s1. The number of fused-ring (bicyclic) bond motifs is 5. The molecule has 6 rings (SSSR count). The van der Waals surface area contributed by atoms with Gasteiger partial charge in [0.2, 0.25) is 0 Å². The highest BCUT2D eigenvalue weighted by Gasteiger charge is 2.57. The Kier molecular flexibility index (Phi) is 5.95. The molecule has 5 atom stereocenters. The molecular weight excluding hydrogens is 436 g/mol. The summed E-state index contributed by atoms with van der Waals surface area (Å²) in [6.07, 6.45) is 18.3. The van der Waals surface area contributed by atoms with E-state index in [0.717, 1.165) is 55.6 Å². The van der Waals surface area contributed by atoms with E-state index in [-0.39, 0.29) is 22.7 Å². The van der Waals surface area contributed by atoms with Crippen LogP contribution in [0.25, 0.3) is 5.57 Å². The van der Waals surface area contributed by atoms with Gasteiger partial charge in [-0.1, -0.05) is 36.7 Å². The molecule has 0 aromatic carbocycles. The Morgan fingerprint density at radius 2 is 1.94 bits per heavy atom. The first-order chi connectivity index (χ1) is 17.0. The summed E-state index contributed by atoms with van der Waals surface area (Å²) in [5, 5.41) is 4.33. The van der Waals surface area contributed by atoms with Crippen molar-refractivity contribution in [3.8, 4) is 0 Å². The van der Waals surface area contributed by atoms with E-state index in [1.165, 1.54) is 42.4 Å². The van der Waals surface area contributed by atoms with Crippen molar-refractivity contribution < 1.29 is 14.4 Å². The fourth-order valence-corrected chi connectivity index (χ4v) is 8.29. The van der Waals surface area contributed by atoms with Gasteiger partial charge < -0.3 is 9.57 Å². The smallest absolute Gasteiger partial charge is 0.338 e. The average Bonchev–Trinajstić information content (AvgIpc) is 3.25. The second-order valence-corrected chi connectivity index (χ2v) is 11.9. The van der Waals surface area contributed by atoms with E-state index >= 15 is 0 Å². The summed E-state index contributed by atoms with van der Waals surface area (Å²) in [6.45, 7) is 6.31. The second kappa shape index (κ2) is 8.99. The number of oxime groups is 1. The highest BCUT2D eigenvalue weighted by molar-refractivity contribution is 5.96. The number of pyridine rings is 1. The monoisotopic (exact) mass is 474 g/mol. The molecule has 0 spiro atoms. The Morgan fingerprint density at radius 1 is 1.09 bits per heavy atom. The number of hydrogen-bond donors (Lipinski definition) is 0. The third-order valence-corrected chi connectivity index (χ3v) is 10.3. The van der Waals surface area contributed by atoms with Crippen molar-refractivity contribution in [3.05, 3.63) is 47.8 Å². The molecule has 5 nitrogen and oxygen atoms in total. The van der Waals surface area contributed by atoms with Crippen molar-refractivity contribution in [1.82, 2.24) is 4.98 Å². The molecule has 0 unspecified atom stereocenters. The van der Waals surface area contributed by atoms with Crippen LogP contribution in [-0.4, -0.2) is 29.9 Å². The molecule has 0 radical (unpaired) electrons. The van der Waals surface area contributed by atoms with Gasteiger partial charge in [-0.15, -0.1) is 0 Å². The first-order valence-corrected chi connectivity index (χ1v) is 13.7. The average molecular weight is 475 g/mol. The molecule has 3 fully saturated rings. The lowest BCUT2D eigenvalue weighted by Crippen LogP contribution is -2.49. The number of carbonyl (C=O) groups excluding carboxylic acids is 1. The summed E-state index contributed by atoms with van der Waals surface area (Å²) in [5.74, 6) is 1.96. The minimum absolute atomic E-state index is 0.0711. The molecule has 186 valence electrons. The van der Waals surface area contributed by atoms with Crippen LogP contribution in [0.15, 0.2) is 47.4 Å². The first kappa shape index (κ1) is 23.1. The molecule has 2 heterocycles. The van der Waals surface area contributed by atoms with Crippen LogP contribution in [0.3, 0.4) is 0 Å². The van der Waals surface area contributed by atoms with Crippen LogP contribution in [0.1, 0.15) is 77.2 Å². The normalized spacial score (nSPS) is 38.1. The molecule has 35 heavy (non-hydrogen) atoms. The lowest BCUT2D eigenvalue weighted by Gasteiger charge is -2.58.